The first kappa shape index (κ1) is 24.7. The molecule has 0 aliphatic heterocycles. The van der Waals surface area contributed by atoms with Crippen LogP contribution < -0.4 is 4.18 Å². The molecule has 10 heteroatoms. The average Bonchev–Trinajstić information content (AvgIpc) is 2.81. The number of halogens is 2. The van der Waals surface area contributed by atoms with Crippen LogP contribution in [0.2, 0.25) is 0 Å². The molecular formula is C25H16I2O6S2. The second-order valence-electron chi connectivity index (χ2n) is 7.89. The van der Waals surface area contributed by atoms with Crippen molar-refractivity contribution in [3.8, 4) is 5.75 Å². The average molecular weight is 730 g/mol. The van der Waals surface area contributed by atoms with E-state index in [1.165, 1.54) is 12.1 Å². The number of hydrogen-bond acceptors (Lipinski definition) is 5. The van der Waals surface area contributed by atoms with Gasteiger partial charge in [0.05, 0.1) is 0 Å². The Balaban J connectivity index is 1.85. The first-order valence-electron chi connectivity index (χ1n) is 10.2. The normalized spacial score (nSPS) is 12.5. The highest BCUT2D eigenvalue weighted by atomic mass is 127. The Morgan fingerprint density at radius 2 is 1.06 bits per heavy atom. The molecule has 0 heterocycles. The van der Waals surface area contributed by atoms with Crippen molar-refractivity contribution < 1.29 is 25.6 Å². The molecule has 0 saturated carbocycles. The molecule has 6 nitrogen and oxygen atoms in total. The zero-order valence-corrected chi connectivity index (χ0v) is 23.9. The number of benzene rings is 5. The first-order chi connectivity index (χ1) is 16.5. The summed E-state index contributed by atoms with van der Waals surface area (Å²) >= 11 is 4.05. The highest BCUT2D eigenvalue weighted by Gasteiger charge is 2.30. The van der Waals surface area contributed by atoms with Gasteiger partial charge in [-0.2, -0.15) is 16.8 Å². The van der Waals surface area contributed by atoms with Gasteiger partial charge >= 0.3 is 10.1 Å². The minimum absolute atomic E-state index is 0.000937. The Bertz CT molecular complexity index is 1840. The number of rotatable bonds is 4. The maximum absolute atomic E-state index is 13.8. The Morgan fingerprint density at radius 1 is 0.629 bits per heavy atom. The van der Waals surface area contributed by atoms with Crippen LogP contribution in [0.5, 0.6) is 5.75 Å². The molecule has 0 bridgehead atoms. The van der Waals surface area contributed by atoms with Crippen molar-refractivity contribution in [2.75, 3.05) is 0 Å². The maximum Gasteiger partial charge on any atom is 0.341 e. The van der Waals surface area contributed by atoms with Gasteiger partial charge in [-0.1, -0.05) is 72.8 Å². The molecule has 5 aromatic carbocycles. The molecule has 35 heavy (non-hydrogen) atoms. The van der Waals surface area contributed by atoms with Crippen LogP contribution in [0.15, 0.2) is 82.6 Å². The largest absolute Gasteiger partial charge is 0.378 e. The van der Waals surface area contributed by atoms with E-state index in [0.29, 0.717) is 7.14 Å². The van der Waals surface area contributed by atoms with Crippen LogP contribution in [0.4, 0.5) is 0 Å². The van der Waals surface area contributed by atoms with Crippen LogP contribution in [-0.2, 0) is 20.2 Å². The van der Waals surface area contributed by atoms with Crippen molar-refractivity contribution in [2.24, 2.45) is 0 Å². The van der Waals surface area contributed by atoms with Crippen LogP contribution in [0, 0.1) is 14.1 Å². The molecule has 0 amide bonds. The minimum Gasteiger partial charge on any atom is -0.378 e. The van der Waals surface area contributed by atoms with Gasteiger partial charge in [0.1, 0.15) is 9.79 Å². The highest BCUT2D eigenvalue weighted by molar-refractivity contribution is 14.1. The van der Waals surface area contributed by atoms with Crippen LogP contribution in [0.3, 0.4) is 0 Å². The summed E-state index contributed by atoms with van der Waals surface area (Å²) in [6, 6.07) is 20.3. The van der Waals surface area contributed by atoms with E-state index in [1.807, 2.05) is 76.4 Å². The van der Waals surface area contributed by atoms with Gasteiger partial charge in [-0.25, -0.2) is 0 Å². The van der Waals surface area contributed by atoms with Crippen LogP contribution >= 0.6 is 45.2 Å². The standard InChI is InChI=1S/C25H16I2O6S2/c1-14-15-8-2-3-9-16(15)22(27)25(21(14)26)35(31,32)33-23-17-10-4-6-12-19(17)24(34(28,29)30)20-13-7-5-11-18(20)23/h2-13H,1H3,(H,28,29,30). The molecule has 5 rings (SSSR count). The van der Waals surface area contributed by atoms with Gasteiger partial charge in [-0.05, 0) is 68.4 Å². The van der Waals surface area contributed by atoms with Crippen molar-refractivity contribution in [3.63, 3.8) is 0 Å². The van der Waals surface area contributed by atoms with E-state index in [9.17, 15) is 21.4 Å². The van der Waals surface area contributed by atoms with Crippen molar-refractivity contribution in [2.45, 2.75) is 16.7 Å². The third kappa shape index (κ3) is 4.08. The van der Waals surface area contributed by atoms with Crippen molar-refractivity contribution in [3.05, 3.63) is 85.5 Å². The molecule has 0 fully saturated rings. The second-order valence-corrected chi connectivity index (χ2v) is 12.9. The molecule has 0 saturated heterocycles. The smallest absolute Gasteiger partial charge is 0.341 e. The summed E-state index contributed by atoms with van der Waals surface area (Å²) in [7, 11) is -8.97. The highest BCUT2D eigenvalue weighted by Crippen LogP contribution is 2.43. The van der Waals surface area contributed by atoms with Crippen molar-refractivity contribution >= 4 is 97.7 Å². The summed E-state index contributed by atoms with van der Waals surface area (Å²) < 4.78 is 69.2. The molecule has 0 aliphatic carbocycles. The predicted molar refractivity (Wildman–Crippen MR) is 153 cm³/mol. The van der Waals surface area contributed by atoms with Crippen molar-refractivity contribution in [1.82, 2.24) is 0 Å². The summed E-state index contributed by atoms with van der Waals surface area (Å²) in [4.78, 5) is -0.235. The third-order valence-electron chi connectivity index (χ3n) is 5.83. The first-order valence-corrected chi connectivity index (χ1v) is 15.2. The second kappa shape index (κ2) is 8.83. The number of hydrogen-bond donors (Lipinski definition) is 1. The molecule has 0 aliphatic rings. The van der Waals surface area contributed by atoms with Gasteiger partial charge in [0.2, 0.25) is 0 Å². The predicted octanol–water partition coefficient (Wildman–Crippen LogP) is 6.68. The Labute approximate surface area is 229 Å². The third-order valence-corrected chi connectivity index (χ3v) is 11.3. The summed E-state index contributed by atoms with van der Waals surface area (Å²) in [6.45, 7) is 1.87. The molecule has 5 aromatic rings. The fourth-order valence-corrected chi connectivity index (χ4v) is 9.83. The molecule has 0 atom stereocenters. The topological polar surface area (TPSA) is 97.7 Å². The van der Waals surface area contributed by atoms with Crippen LogP contribution in [0.25, 0.3) is 32.3 Å². The van der Waals surface area contributed by atoms with Crippen molar-refractivity contribution in [1.29, 1.82) is 0 Å². The maximum atomic E-state index is 13.8. The lowest BCUT2D eigenvalue weighted by atomic mass is 10.0. The molecule has 178 valence electrons. The van der Waals surface area contributed by atoms with Gasteiger partial charge in [-0.15, -0.1) is 0 Å². The van der Waals surface area contributed by atoms with Gasteiger partial charge in [0, 0.05) is 28.7 Å². The molecule has 0 unspecified atom stereocenters. The quantitative estimate of drug-likeness (QED) is 0.0960. The monoisotopic (exact) mass is 730 g/mol. The summed E-state index contributed by atoms with van der Waals surface area (Å²) in [5.74, 6) is 0.000937. The van der Waals surface area contributed by atoms with E-state index in [2.05, 4.69) is 0 Å². The Morgan fingerprint density at radius 3 is 1.54 bits per heavy atom. The number of fused-ring (bicyclic) bond motifs is 3. The molecule has 0 spiro atoms. The van der Waals surface area contributed by atoms with E-state index < -0.39 is 20.2 Å². The van der Waals surface area contributed by atoms with Gasteiger partial charge in [-0.3, -0.25) is 4.55 Å². The minimum atomic E-state index is -4.62. The van der Waals surface area contributed by atoms with Crippen LogP contribution in [-0.4, -0.2) is 21.4 Å². The van der Waals surface area contributed by atoms with Gasteiger partial charge in [0.25, 0.3) is 10.1 Å². The van der Waals surface area contributed by atoms with Crippen LogP contribution in [0.1, 0.15) is 5.56 Å². The summed E-state index contributed by atoms with van der Waals surface area (Å²) in [5, 5.41) is 2.59. The van der Waals surface area contributed by atoms with Gasteiger partial charge in [0.15, 0.2) is 5.75 Å². The number of aryl methyl sites for hydroxylation is 1. The zero-order chi connectivity index (χ0) is 25.1. The fourth-order valence-electron chi connectivity index (χ4n) is 4.30. The van der Waals surface area contributed by atoms with E-state index in [1.54, 1.807) is 36.4 Å². The van der Waals surface area contributed by atoms with E-state index in [-0.39, 0.29) is 37.1 Å². The molecular weight excluding hydrogens is 714 g/mol. The van der Waals surface area contributed by atoms with Gasteiger partial charge < -0.3 is 4.18 Å². The SMILES string of the molecule is Cc1c(I)c(S(=O)(=O)Oc2c3ccccc3c(S(=O)(=O)O)c3ccccc23)c(I)c2ccccc12. The molecule has 1 N–H and O–H groups in total. The lowest BCUT2D eigenvalue weighted by molar-refractivity contribution is 0.485. The Kier molecular flexibility index (Phi) is 6.23. The lowest BCUT2D eigenvalue weighted by Gasteiger charge is -2.18. The summed E-state index contributed by atoms with van der Waals surface area (Å²) in [6.07, 6.45) is 0. The van der Waals surface area contributed by atoms with E-state index >= 15 is 0 Å². The molecule has 0 radical (unpaired) electrons. The van der Waals surface area contributed by atoms with E-state index in [0.717, 1.165) is 16.3 Å². The lowest BCUT2D eigenvalue weighted by Crippen LogP contribution is -2.15. The molecule has 0 aromatic heterocycles. The summed E-state index contributed by atoms with van der Waals surface area (Å²) in [5.41, 5.74) is 0.820. The van der Waals surface area contributed by atoms with E-state index in [4.69, 9.17) is 4.18 Å². The Hall–Kier alpha value is -2.00. The zero-order valence-electron chi connectivity index (χ0n) is 18.0. The fraction of sp³-hybridized carbons (Fsp3) is 0.0400.